The van der Waals surface area contributed by atoms with Gasteiger partial charge in [-0.25, -0.2) is 9.18 Å². The van der Waals surface area contributed by atoms with Crippen LogP contribution in [-0.2, 0) is 6.54 Å². The Balaban J connectivity index is 1.53. The van der Waals surface area contributed by atoms with Crippen LogP contribution in [-0.4, -0.2) is 43.7 Å². The second kappa shape index (κ2) is 8.56. The number of anilines is 1. The number of nitrogens with zero attached hydrogens (tertiary/aromatic N) is 2. The maximum Gasteiger partial charge on any atom is 0.317 e. The average Bonchev–Trinajstić information content (AvgIpc) is 2.68. The molecule has 138 valence electrons. The summed E-state index contributed by atoms with van der Waals surface area (Å²) in [6, 6.07) is 14.3. The summed E-state index contributed by atoms with van der Waals surface area (Å²) in [6.45, 7) is 5.48. The van der Waals surface area contributed by atoms with Crippen LogP contribution in [0.1, 0.15) is 12.5 Å². The number of carbonyl (C=O) groups excluding carboxylic acids is 1. The summed E-state index contributed by atoms with van der Waals surface area (Å²) in [4.78, 5) is 16.3. The largest absolute Gasteiger partial charge is 0.492 e. The molecule has 1 aliphatic rings. The Kier molecular flexibility index (Phi) is 5.94. The Morgan fingerprint density at radius 2 is 1.77 bits per heavy atom. The van der Waals surface area contributed by atoms with Crippen molar-refractivity contribution in [2.45, 2.75) is 13.5 Å². The number of rotatable bonds is 5. The topological polar surface area (TPSA) is 44.8 Å². The first kappa shape index (κ1) is 18.0. The molecule has 0 saturated carbocycles. The van der Waals surface area contributed by atoms with Gasteiger partial charge < -0.3 is 19.9 Å². The van der Waals surface area contributed by atoms with Gasteiger partial charge in [0.1, 0.15) is 11.6 Å². The quantitative estimate of drug-likeness (QED) is 0.893. The number of piperazine rings is 1. The average molecular weight is 357 g/mol. The Labute approximate surface area is 153 Å². The Morgan fingerprint density at radius 1 is 1.08 bits per heavy atom. The highest BCUT2D eigenvalue weighted by molar-refractivity contribution is 5.74. The fraction of sp³-hybridized carbons (Fsp3) is 0.350. The molecule has 0 radical (unpaired) electrons. The van der Waals surface area contributed by atoms with E-state index < -0.39 is 0 Å². The SMILES string of the molecule is CCOc1ccccc1N1CCN(C(=O)NCc2ccccc2F)CC1. The highest BCUT2D eigenvalue weighted by Crippen LogP contribution is 2.28. The van der Waals surface area contributed by atoms with Crippen LogP contribution in [0.3, 0.4) is 0 Å². The van der Waals surface area contributed by atoms with Gasteiger partial charge in [-0.2, -0.15) is 0 Å². The van der Waals surface area contributed by atoms with E-state index in [-0.39, 0.29) is 18.4 Å². The van der Waals surface area contributed by atoms with Gasteiger partial charge in [0.25, 0.3) is 0 Å². The van der Waals surface area contributed by atoms with Crippen LogP contribution in [0.4, 0.5) is 14.9 Å². The van der Waals surface area contributed by atoms with Gasteiger partial charge in [0, 0.05) is 38.3 Å². The molecule has 5 nitrogen and oxygen atoms in total. The molecule has 2 amide bonds. The molecule has 1 N–H and O–H groups in total. The zero-order valence-electron chi connectivity index (χ0n) is 15.0. The predicted molar refractivity (Wildman–Crippen MR) is 100 cm³/mol. The molecule has 0 atom stereocenters. The lowest BCUT2D eigenvalue weighted by atomic mass is 10.2. The molecule has 0 unspecified atom stereocenters. The van der Waals surface area contributed by atoms with Gasteiger partial charge in [0.2, 0.25) is 0 Å². The molecule has 2 aromatic carbocycles. The Bertz CT molecular complexity index is 745. The summed E-state index contributed by atoms with van der Waals surface area (Å²) >= 11 is 0. The fourth-order valence-corrected chi connectivity index (χ4v) is 3.07. The summed E-state index contributed by atoms with van der Waals surface area (Å²) in [7, 11) is 0. The van der Waals surface area contributed by atoms with Gasteiger partial charge in [-0.3, -0.25) is 0 Å². The van der Waals surface area contributed by atoms with E-state index in [9.17, 15) is 9.18 Å². The van der Waals surface area contributed by atoms with Crippen molar-refractivity contribution in [1.29, 1.82) is 0 Å². The lowest BCUT2D eigenvalue weighted by Crippen LogP contribution is -2.51. The first-order chi connectivity index (χ1) is 12.7. The number of hydrogen-bond acceptors (Lipinski definition) is 3. The van der Waals surface area contributed by atoms with Crippen LogP contribution >= 0.6 is 0 Å². The van der Waals surface area contributed by atoms with Crippen molar-refractivity contribution in [3.8, 4) is 5.75 Å². The third-order valence-corrected chi connectivity index (χ3v) is 4.46. The molecule has 1 saturated heterocycles. The monoisotopic (exact) mass is 357 g/mol. The number of nitrogens with one attached hydrogen (secondary N) is 1. The lowest BCUT2D eigenvalue weighted by Gasteiger charge is -2.36. The van der Waals surface area contributed by atoms with Crippen molar-refractivity contribution in [3.05, 3.63) is 59.9 Å². The molecule has 0 bridgehead atoms. The van der Waals surface area contributed by atoms with E-state index in [1.165, 1.54) is 6.07 Å². The highest BCUT2D eigenvalue weighted by Gasteiger charge is 2.22. The third kappa shape index (κ3) is 4.25. The summed E-state index contributed by atoms with van der Waals surface area (Å²) < 4.78 is 19.3. The minimum Gasteiger partial charge on any atom is -0.492 e. The molecule has 1 heterocycles. The zero-order chi connectivity index (χ0) is 18.4. The highest BCUT2D eigenvalue weighted by atomic mass is 19.1. The molecule has 3 rings (SSSR count). The van der Waals surface area contributed by atoms with Crippen molar-refractivity contribution >= 4 is 11.7 Å². The van der Waals surface area contributed by atoms with E-state index in [1.807, 2.05) is 31.2 Å². The molecular weight excluding hydrogens is 333 g/mol. The smallest absolute Gasteiger partial charge is 0.317 e. The van der Waals surface area contributed by atoms with E-state index in [2.05, 4.69) is 10.2 Å². The van der Waals surface area contributed by atoms with Crippen LogP contribution in [0.25, 0.3) is 0 Å². The fourth-order valence-electron chi connectivity index (χ4n) is 3.07. The summed E-state index contributed by atoms with van der Waals surface area (Å²) in [5.74, 6) is 0.567. The molecule has 6 heteroatoms. The first-order valence-electron chi connectivity index (χ1n) is 8.92. The molecule has 1 aliphatic heterocycles. The summed E-state index contributed by atoms with van der Waals surface area (Å²) in [6.07, 6.45) is 0. The maximum atomic E-state index is 13.6. The minimum absolute atomic E-state index is 0.161. The van der Waals surface area contributed by atoms with Gasteiger partial charge >= 0.3 is 6.03 Å². The van der Waals surface area contributed by atoms with Crippen molar-refractivity contribution in [2.24, 2.45) is 0 Å². The van der Waals surface area contributed by atoms with Crippen LogP contribution in [0.15, 0.2) is 48.5 Å². The van der Waals surface area contributed by atoms with E-state index in [0.29, 0.717) is 25.3 Å². The van der Waals surface area contributed by atoms with Crippen LogP contribution in [0, 0.1) is 5.82 Å². The summed E-state index contributed by atoms with van der Waals surface area (Å²) in [5, 5.41) is 2.80. The van der Waals surface area contributed by atoms with Crippen molar-refractivity contribution in [1.82, 2.24) is 10.2 Å². The number of urea groups is 1. The number of hydrogen-bond donors (Lipinski definition) is 1. The lowest BCUT2D eigenvalue weighted by molar-refractivity contribution is 0.193. The van der Waals surface area contributed by atoms with Crippen LogP contribution in [0.2, 0.25) is 0 Å². The number of amides is 2. The molecule has 0 spiro atoms. The van der Waals surface area contributed by atoms with Gasteiger partial charge in [-0.1, -0.05) is 30.3 Å². The molecule has 0 aliphatic carbocycles. The Morgan fingerprint density at radius 3 is 2.50 bits per heavy atom. The minimum atomic E-state index is -0.301. The van der Waals surface area contributed by atoms with Crippen molar-refractivity contribution in [3.63, 3.8) is 0 Å². The van der Waals surface area contributed by atoms with Gasteiger partial charge in [-0.15, -0.1) is 0 Å². The molecule has 1 fully saturated rings. The van der Waals surface area contributed by atoms with Gasteiger partial charge in [-0.05, 0) is 25.1 Å². The number of ether oxygens (including phenoxy) is 1. The standard InChI is InChI=1S/C20H24FN3O2/c1-2-26-19-10-6-5-9-18(19)23-11-13-24(14-12-23)20(25)22-15-16-7-3-4-8-17(16)21/h3-10H,2,11-15H2,1H3,(H,22,25). The number of para-hydroxylation sites is 2. The molecular formula is C20H24FN3O2. The van der Waals surface area contributed by atoms with Crippen LogP contribution in [0.5, 0.6) is 5.75 Å². The number of carbonyl (C=O) groups is 1. The molecule has 0 aromatic heterocycles. The van der Waals surface area contributed by atoms with Crippen molar-refractivity contribution < 1.29 is 13.9 Å². The maximum absolute atomic E-state index is 13.6. The first-order valence-corrected chi connectivity index (χ1v) is 8.92. The van der Waals surface area contributed by atoms with E-state index in [4.69, 9.17) is 4.74 Å². The van der Waals surface area contributed by atoms with E-state index in [1.54, 1.807) is 23.1 Å². The Hall–Kier alpha value is -2.76. The predicted octanol–water partition coefficient (Wildman–Crippen LogP) is 3.26. The molecule has 2 aromatic rings. The number of benzene rings is 2. The summed E-state index contributed by atoms with van der Waals surface area (Å²) in [5.41, 5.74) is 1.55. The van der Waals surface area contributed by atoms with Crippen LogP contribution < -0.4 is 15.0 Å². The molecule has 26 heavy (non-hydrogen) atoms. The van der Waals surface area contributed by atoms with Crippen molar-refractivity contribution in [2.75, 3.05) is 37.7 Å². The number of halogens is 1. The van der Waals surface area contributed by atoms with Gasteiger partial charge in [0.05, 0.1) is 12.3 Å². The zero-order valence-corrected chi connectivity index (χ0v) is 15.0. The second-order valence-corrected chi connectivity index (χ2v) is 6.12. The van der Waals surface area contributed by atoms with Gasteiger partial charge in [0.15, 0.2) is 0 Å². The van der Waals surface area contributed by atoms with E-state index in [0.717, 1.165) is 24.5 Å². The third-order valence-electron chi connectivity index (χ3n) is 4.46. The second-order valence-electron chi connectivity index (χ2n) is 6.12. The normalized spacial score (nSPS) is 14.2. The van der Waals surface area contributed by atoms with E-state index >= 15 is 0 Å².